The number of nitrogens with zero attached hydrogens (tertiary/aromatic N) is 3. The van der Waals surface area contributed by atoms with Gasteiger partial charge in [-0.05, 0) is 35.7 Å². The van der Waals surface area contributed by atoms with E-state index in [4.69, 9.17) is 4.98 Å². The minimum atomic E-state index is -0.810. The smallest absolute Gasteiger partial charge is 0.142 e. The molecular weight excluding hydrogens is 339 g/mol. The average Bonchev–Trinajstić information content (AvgIpc) is 3.34. The molecule has 27 heavy (non-hydrogen) atoms. The monoisotopic (exact) mass is 358 g/mol. The van der Waals surface area contributed by atoms with Crippen LogP contribution in [0.15, 0.2) is 66.9 Å². The summed E-state index contributed by atoms with van der Waals surface area (Å²) in [5.74, 6) is 1.55. The number of fused-ring (bicyclic) bond motifs is 1. The third-order valence-electron chi connectivity index (χ3n) is 5.07. The Kier molecular flexibility index (Phi) is 3.85. The molecule has 4 aromatic rings. The Morgan fingerprint density at radius 1 is 1.00 bits per heavy atom. The number of hydrogen-bond donors (Lipinski definition) is 1. The highest BCUT2D eigenvalue weighted by molar-refractivity contribution is 5.91. The van der Waals surface area contributed by atoms with Crippen LogP contribution < -0.4 is 4.90 Å². The summed E-state index contributed by atoms with van der Waals surface area (Å²) in [5.41, 5.74) is 4.95. The maximum atomic E-state index is 13.9. The van der Waals surface area contributed by atoms with Gasteiger partial charge in [0.05, 0.1) is 23.1 Å². The fourth-order valence-electron chi connectivity index (χ4n) is 3.76. The van der Waals surface area contributed by atoms with Crippen LogP contribution in [-0.2, 0) is 0 Å². The second-order valence-electron chi connectivity index (χ2n) is 6.86. The largest absolute Gasteiger partial charge is 0.353 e. The normalized spacial score (nSPS) is 16.9. The molecule has 1 aliphatic heterocycles. The van der Waals surface area contributed by atoms with Crippen molar-refractivity contribution in [1.29, 1.82) is 0 Å². The summed E-state index contributed by atoms with van der Waals surface area (Å²) in [6, 6.07) is 20.2. The van der Waals surface area contributed by atoms with Gasteiger partial charge in [-0.2, -0.15) is 0 Å². The van der Waals surface area contributed by atoms with Crippen LogP contribution in [0.25, 0.3) is 33.5 Å². The van der Waals surface area contributed by atoms with Gasteiger partial charge < -0.3 is 9.88 Å². The zero-order valence-corrected chi connectivity index (χ0v) is 14.8. The Labute approximate surface area is 156 Å². The minimum Gasteiger partial charge on any atom is -0.353 e. The highest BCUT2D eigenvalue weighted by Crippen LogP contribution is 2.38. The first kappa shape index (κ1) is 16.0. The SMILES string of the molecule is FC1CCN(c2nccc(-c3ccccc3)c2-c2nc3ccccc3[nH]2)C1. The predicted octanol–water partition coefficient (Wildman–Crippen LogP) is 4.84. The lowest BCUT2D eigenvalue weighted by molar-refractivity contribution is 0.364. The van der Waals surface area contributed by atoms with Gasteiger partial charge >= 0.3 is 0 Å². The summed E-state index contributed by atoms with van der Waals surface area (Å²) < 4.78 is 13.9. The van der Waals surface area contributed by atoms with Crippen molar-refractivity contribution in [2.24, 2.45) is 0 Å². The Morgan fingerprint density at radius 3 is 2.59 bits per heavy atom. The van der Waals surface area contributed by atoms with E-state index < -0.39 is 6.17 Å². The minimum absolute atomic E-state index is 0.373. The van der Waals surface area contributed by atoms with E-state index in [0.29, 0.717) is 19.5 Å². The van der Waals surface area contributed by atoms with E-state index in [-0.39, 0.29) is 0 Å². The lowest BCUT2D eigenvalue weighted by Gasteiger charge is -2.21. The molecule has 2 aromatic carbocycles. The van der Waals surface area contributed by atoms with E-state index in [1.54, 1.807) is 6.20 Å². The number of benzene rings is 2. The second-order valence-corrected chi connectivity index (χ2v) is 6.86. The van der Waals surface area contributed by atoms with Crippen LogP contribution in [0.5, 0.6) is 0 Å². The standard InChI is InChI=1S/C22H19FN4/c23-16-11-13-27(14-16)22-20(21-25-18-8-4-5-9-19(18)26-21)17(10-12-24-22)15-6-2-1-3-7-15/h1-10,12,16H,11,13-14H2,(H,25,26). The summed E-state index contributed by atoms with van der Waals surface area (Å²) in [7, 11) is 0. The molecule has 1 fully saturated rings. The van der Waals surface area contributed by atoms with Crippen molar-refractivity contribution < 1.29 is 4.39 Å². The van der Waals surface area contributed by atoms with Crippen LogP contribution in [0.4, 0.5) is 10.2 Å². The molecule has 1 atom stereocenters. The van der Waals surface area contributed by atoms with Crippen molar-refractivity contribution in [3.63, 3.8) is 0 Å². The first-order valence-corrected chi connectivity index (χ1v) is 9.18. The lowest BCUT2D eigenvalue weighted by atomic mass is 10.00. The van der Waals surface area contributed by atoms with E-state index in [1.165, 1.54) is 0 Å². The third-order valence-corrected chi connectivity index (χ3v) is 5.07. The van der Waals surface area contributed by atoms with Crippen molar-refractivity contribution in [3.05, 3.63) is 66.9 Å². The van der Waals surface area contributed by atoms with E-state index >= 15 is 0 Å². The number of alkyl halides is 1. The molecule has 5 rings (SSSR count). The Balaban J connectivity index is 1.75. The second kappa shape index (κ2) is 6.50. The fraction of sp³-hybridized carbons (Fsp3) is 0.182. The quantitative estimate of drug-likeness (QED) is 0.570. The van der Waals surface area contributed by atoms with Crippen LogP contribution in [0.1, 0.15) is 6.42 Å². The number of imidazole rings is 1. The number of rotatable bonds is 3. The number of nitrogens with one attached hydrogen (secondary N) is 1. The van der Waals surface area contributed by atoms with E-state index in [2.05, 4.69) is 22.1 Å². The van der Waals surface area contributed by atoms with Gasteiger partial charge in [0.1, 0.15) is 17.8 Å². The molecule has 3 heterocycles. The first-order valence-electron chi connectivity index (χ1n) is 9.18. The van der Waals surface area contributed by atoms with Crippen LogP contribution in [0, 0.1) is 0 Å². The molecule has 1 aliphatic rings. The van der Waals surface area contributed by atoms with E-state index in [9.17, 15) is 4.39 Å². The number of para-hydroxylation sites is 2. The van der Waals surface area contributed by atoms with Gasteiger partial charge in [0.15, 0.2) is 0 Å². The number of aromatic amines is 1. The van der Waals surface area contributed by atoms with Crippen molar-refractivity contribution in [1.82, 2.24) is 15.0 Å². The summed E-state index contributed by atoms with van der Waals surface area (Å²) in [6.45, 7) is 1.04. The fourth-order valence-corrected chi connectivity index (χ4v) is 3.76. The lowest BCUT2D eigenvalue weighted by Crippen LogP contribution is -2.22. The molecular formula is C22H19FN4. The van der Waals surface area contributed by atoms with E-state index in [1.807, 2.05) is 53.4 Å². The number of H-pyrrole nitrogens is 1. The van der Waals surface area contributed by atoms with Gasteiger partial charge in [0, 0.05) is 12.7 Å². The van der Waals surface area contributed by atoms with Gasteiger partial charge in [-0.15, -0.1) is 0 Å². The Bertz CT molecular complexity index is 1060. The van der Waals surface area contributed by atoms with Crippen LogP contribution in [0.3, 0.4) is 0 Å². The highest BCUT2D eigenvalue weighted by Gasteiger charge is 2.27. The zero-order chi connectivity index (χ0) is 18.2. The summed E-state index contributed by atoms with van der Waals surface area (Å²) in [4.78, 5) is 14.9. The molecule has 0 radical (unpaired) electrons. The van der Waals surface area contributed by atoms with Gasteiger partial charge in [-0.25, -0.2) is 14.4 Å². The molecule has 2 aromatic heterocycles. The van der Waals surface area contributed by atoms with E-state index in [0.717, 1.165) is 39.4 Å². The molecule has 5 heteroatoms. The molecule has 0 saturated carbocycles. The first-order chi connectivity index (χ1) is 13.3. The van der Waals surface area contributed by atoms with Gasteiger partial charge in [-0.3, -0.25) is 0 Å². The van der Waals surface area contributed by atoms with Gasteiger partial charge in [-0.1, -0.05) is 42.5 Å². The molecule has 134 valence electrons. The van der Waals surface area contributed by atoms with Crippen molar-refractivity contribution in [3.8, 4) is 22.5 Å². The Hall–Kier alpha value is -3.21. The van der Waals surface area contributed by atoms with Gasteiger partial charge in [0.2, 0.25) is 0 Å². The number of halogens is 1. The maximum Gasteiger partial charge on any atom is 0.142 e. The third kappa shape index (κ3) is 2.85. The van der Waals surface area contributed by atoms with Crippen LogP contribution in [0.2, 0.25) is 0 Å². The molecule has 1 unspecified atom stereocenters. The Morgan fingerprint density at radius 2 is 1.81 bits per heavy atom. The number of hydrogen-bond acceptors (Lipinski definition) is 3. The summed E-state index contributed by atoms with van der Waals surface area (Å²) in [6.07, 6.45) is 1.53. The topological polar surface area (TPSA) is 44.8 Å². The predicted molar refractivity (Wildman–Crippen MR) is 106 cm³/mol. The maximum absolute atomic E-state index is 13.9. The highest BCUT2D eigenvalue weighted by atomic mass is 19.1. The van der Waals surface area contributed by atoms with Crippen LogP contribution >= 0.6 is 0 Å². The number of aromatic nitrogens is 3. The summed E-state index contributed by atoms with van der Waals surface area (Å²) in [5, 5.41) is 0. The number of pyridine rings is 1. The molecule has 0 aliphatic carbocycles. The molecule has 1 N–H and O–H groups in total. The molecule has 4 nitrogen and oxygen atoms in total. The average molecular weight is 358 g/mol. The van der Waals surface area contributed by atoms with Crippen LogP contribution in [-0.4, -0.2) is 34.2 Å². The molecule has 0 bridgehead atoms. The molecule has 0 spiro atoms. The van der Waals surface area contributed by atoms with Gasteiger partial charge in [0.25, 0.3) is 0 Å². The molecule has 1 saturated heterocycles. The summed E-state index contributed by atoms with van der Waals surface area (Å²) >= 11 is 0. The van der Waals surface area contributed by atoms with Crippen molar-refractivity contribution >= 4 is 16.9 Å². The molecule has 0 amide bonds. The van der Waals surface area contributed by atoms with Crippen molar-refractivity contribution in [2.75, 3.05) is 18.0 Å². The zero-order valence-electron chi connectivity index (χ0n) is 14.8. The number of anilines is 1. The van der Waals surface area contributed by atoms with Crippen molar-refractivity contribution in [2.45, 2.75) is 12.6 Å².